The van der Waals surface area contributed by atoms with Gasteiger partial charge in [0.1, 0.15) is 0 Å². The molecule has 3 heterocycles. The first kappa shape index (κ1) is 12.9. The smallest absolute Gasteiger partial charge is 0.193 e. The molecule has 0 amide bonds. The maximum absolute atomic E-state index is 4.48. The maximum atomic E-state index is 4.48. The zero-order chi connectivity index (χ0) is 13.2. The number of hydrogen-bond acceptors (Lipinski definition) is 5. The number of likely N-dealkylation sites (N-methyl/N-ethyl adjacent to an activating group) is 1. The highest BCUT2D eigenvalue weighted by atomic mass is 32.1. The number of fused-ring (bicyclic) bond motifs is 1. The number of guanidine groups is 1. The zero-order valence-electron chi connectivity index (χ0n) is 11.7. The number of nitrogens with zero attached hydrogens (tertiary/aromatic N) is 3. The SMILES string of the molecule is CC(CNC1=NCCN1C)N1CCc2sccc2C1. The molecule has 3 rings (SSSR count). The fourth-order valence-corrected chi connectivity index (χ4v) is 3.63. The molecule has 1 aromatic heterocycles. The van der Waals surface area contributed by atoms with Crippen molar-refractivity contribution in [3.8, 4) is 0 Å². The van der Waals surface area contributed by atoms with Crippen molar-refractivity contribution in [1.29, 1.82) is 0 Å². The third-order valence-corrected chi connectivity index (χ3v) is 5.10. The van der Waals surface area contributed by atoms with Crippen LogP contribution in [0.15, 0.2) is 16.4 Å². The summed E-state index contributed by atoms with van der Waals surface area (Å²) in [7, 11) is 2.10. The van der Waals surface area contributed by atoms with E-state index in [4.69, 9.17) is 0 Å². The van der Waals surface area contributed by atoms with E-state index >= 15 is 0 Å². The average Bonchev–Trinajstić information content (AvgIpc) is 3.03. The van der Waals surface area contributed by atoms with Crippen molar-refractivity contribution < 1.29 is 0 Å². The third kappa shape index (κ3) is 2.77. The highest BCUT2D eigenvalue weighted by molar-refractivity contribution is 7.10. The lowest BCUT2D eigenvalue weighted by molar-refractivity contribution is 0.192. The van der Waals surface area contributed by atoms with Crippen molar-refractivity contribution in [2.24, 2.45) is 4.99 Å². The summed E-state index contributed by atoms with van der Waals surface area (Å²) in [4.78, 5) is 10.8. The van der Waals surface area contributed by atoms with E-state index in [1.165, 1.54) is 18.5 Å². The lowest BCUT2D eigenvalue weighted by atomic mass is 10.1. The molecule has 4 nitrogen and oxygen atoms in total. The molecule has 0 saturated carbocycles. The topological polar surface area (TPSA) is 30.9 Å². The van der Waals surface area contributed by atoms with Gasteiger partial charge in [0.2, 0.25) is 0 Å². The molecule has 2 aliphatic heterocycles. The second kappa shape index (κ2) is 5.51. The molecule has 5 heteroatoms. The number of aliphatic imine (C=N–C) groups is 1. The van der Waals surface area contributed by atoms with Crippen LogP contribution in [0.2, 0.25) is 0 Å². The minimum atomic E-state index is 0.546. The van der Waals surface area contributed by atoms with E-state index in [1.807, 2.05) is 11.3 Å². The van der Waals surface area contributed by atoms with E-state index in [1.54, 1.807) is 4.88 Å². The normalized spacial score (nSPS) is 21.2. The molecule has 1 atom stereocenters. The van der Waals surface area contributed by atoms with Crippen LogP contribution in [0.1, 0.15) is 17.4 Å². The van der Waals surface area contributed by atoms with Crippen LogP contribution >= 0.6 is 11.3 Å². The van der Waals surface area contributed by atoms with E-state index in [0.29, 0.717) is 6.04 Å². The summed E-state index contributed by atoms with van der Waals surface area (Å²) in [5.41, 5.74) is 1.53. The van der Waals surface area contributed by atoms with Crippen LogP contribution < -0.4 is 5.32 Å². The highest BCUT2D eigenvalue weighted by Crippen LogP contribution is 2.24. The van der Waals surface area contributed by atoms with Gasteiger partial charge in [0.15, 0.2) is 5.96 Å². The van der Waals surface area contributed by atoms with Gasteiger partial charge in [0.05, 0.1) is 6.54 Å². The molecule has 1 N–H and O–H groups in total. The van der Waals surface area contributed by atoms with E-state index < -0.39 is 0 Å². The van der Waals surface area contributed by atoms with Crippen LogP contribution in [-0.2, 0) is 13.0 Å². The minimum Gasteiger partial charge on any atom is -0.355 e. The van der Waals surface area contributed by atoms with Crippen LogP contribution in [0.5, 0.6) is 0 Å². The van der Waals surface area contributed by atoms with E-state index in [2.05, 4.69) is 45.5 Å². The van der Waals surface area contributed by atoms with Crippen LogP contribution in [-0.4, -0.2) is 55.0 Å². The number of rotatable bonds is 3. The molecule has 0 aromatic carbocycles. The van der Waals surface area contributed by atoms with Gasteiger partial charge in [-0.25, -0.2) is 0 Å². The quantitative estimate of drug-likeness (QED) is 0.906. The Kier molecular flexibility index (Phi) is 3.75. The Bertz CT molecular complexity index is 468. The average molecular weight is 278 g/mol. The van der Waals surface area contributed by atoms with Gasteiger partial charge in [-0.2, -0.15) is 0 Å². The monoisotopic (exact) mass is 278 g/mol. The molecule has 0 spiro atoms. The molecular weight excluding hydrogens is 256 g/mol. The zero-order valence-corrected chi connectivity index (χ0v) is 12.5. The van der Waals surface area contributed by atoms with Gasteiger partial charge in [0.25, 0.3) is 0 Å². The molecular formula is C14H22N4S. The van der Waals surface area contributed by atoms with Gasteiger partial charge >= 0.3 is 0 Å². The van der Waals surface area contributed by atoms with Crippen molar-refractivity contribution >= 4 is 17.3 Å². The molecule has 2 aliphatic rings. The minimum absolute atomic E-state index is 0.546. The lowest BCUT2D eigenvalue weighted by Crippen LogP contribution is -2.46. The van der Waals surface area contributed by atoms with Crippen LogP contribution in [0.25, 0.3) is 0 Å². The van der Waals surface area contributed by atoms with Gasteiger partial charge < -0.3 is 10.2 Å². The molecule has 19 heavy (non-hydrogen) atoms. The number of hydrogen-bond donors (Lipinski definition) is 1. The first-order valence-electron chi connectivity index (χ1n) is 7.03. The maximum Gasteiger partial charge on any atom is 0.193 e. The molecule has 1 aromatic rings. The van der Waals surface area contributed by atoms with Gasteiger partial charge in [-0.05, 0) is 30.4 Å². The first-order chi connectivity index (χ1) is 9.24. The summed E-state index contributed by atoms with van der Waals surface area (Å²) in [5, 5.41) is 5.70. The number of nitrogens with one attached hydrogen (secondary N) is 1. The van der Waals surface area contributed by atoms with Crippen LogP contribution in [0, 0.1) is 0 Å². The van der Waals surface area contributed by atoms with Gasteiger partial charge in [-0.3, -0.25) is 9.89 Å². The largest absolute Gasteiger partial charge is 0.355 e. The Hall–Kier alpha value is -1.07. The van der Waals surface area contributed by atoms with E-state index in [0.717, 1.165) is 32.1 Å². The Morgan fingerprint density at radius 2 is 2.37 bits per heavy atom. The molecule has 104 valence electrons. The van der Waals surface area contributed by atoms with Crippen molar-refractivity contribution in [3.05, 3.63) is 21.9 Å². The predicted molar refractivity (Wildman–Crippen MR) is 80.8 cm³/mol. The molecule has 0 radical (unpaired) electrons. The summed E-state index contributed by atoms with van der Waals surface area (Å²) in [6.07, 6.45) is 1.21. The van der Waals surface area contributed by atoms with E-state index in [9.17, 15) is 0 Å². The van der Waals surface area contributed by atoms with Gasteiger partial charge in [-0.15, -0.1) is 11.3 Å². The molecule has 0 fully saturated rings. The Balaban J connectivity index is 1.53. The van der Waals surface area contributed by atoms with Gasteiger partial charge in [-0.1, -0.05) is 0 Å². The third-order valence-electron chi connectivity index (χ3n) is 4.07. The summed E-state index contributed by atoms with van der Waals surface area (Å²) in [6, 6.07) is 2.82. The van der Waals surface area contributed by atoms with Crippen molar-refractivity contribution in [2.75, 3.05) is 33.2 Å². The van der Waals surface area contributed by atoms with Crippen LogP contribution in [0.3, 0.4) is 0 Å². The Morgan fingerprint density at radius 1 is 1.47 bits per heavy atom. The van der Waals surface area contributed by atoms with Crippen molar-refractivity contribution in [3.63, 3.8) is 0 Å². The lowest BCUT2D eigenvalue weighted by Gasteiger charge is -2.33. The van der Waals surface area contributed by atoms with Gasteiger partial charge in [0, 0.05) is 44.1 Å². The molecule has 0 aliphatic carbocycles. The molecule has 1 unspecified atom stereocenters. The standard InChI is InChI=1S/C14H22N4S/c1-11(9-16-14-15-5-7-17(14)2)18-6-3-13-12(10-18)4-8-19-13/h4,8,11H,3,5-7,9-10H2,1-2H3,(H,15,16). The predicted octanol–water partition coefficient (Wildman–Crippen LogP) is 1.39. The summed E-state index contributed by atoms with van der Waals surface area (Å²) >= 11 is 1.91. The number of thiophene rings is 1. The van der Waals surface area contributed by atoms with Crippen molar-refractivity contribution in [1.82, 2.24) is 15.1 Å². The second-order valence-electron chi connectivity index (χ2n) is 5.45. The van der Waals surface area contributed by atoms with Crippen LogP contribution in [0.4, 0.5) is 0 Å². The Morgan fingerprint density at radius 3 is 3.16 bits per heavy atom. The summed E-state index contributed by atoms with van der Waals surface area (Å²) < 4.78 is 0. The fraction of sp³-hybridized carbons (Fsp3) is 0.643. The Labute approximate surface area is 119 Å². The van der Waals surface area contributed by atoms with E-state index in [-0.39, 0.29) is 0 Å². The summed E-state index contributed by atoms with van der Waals surface area (Å²) in [5.74, 6) is 1.06. The first-order valence-corrected chi connectivity index (χ1v) is 7.91. The second-order valence-corrected chi connectivity index (χ2v) is 6.45. The highest BCUT2D eigenvalue weighted by Gasteiger charge is 2.22. The fourth-order valence-electron chi connectivity index (χ4n) is 2.74. The summed E-state index contributed by atoms with van der Waals surface area (Å²) in [6.45, 7) is 7.53. The molecule has 0 bridgehead atoms. The van der Waals surface area contributed by atoms with Crippen molar-refractivity contribution in [2.45, 2.75) is 25.9 Å². The molecule has 0 saturated heterocycles.